The molecule has 8 nitrogen and oxygen atoms in total. The van der Waals surface area contributed by atoms with Crippen molar-refractivity contribution < 1.29 is 22.4 Å². The average molecular weight is 474 g/mol. The van der Waals surface area contributed by atoms with Crippen molar-refractivity contribution in [1.29, 1.82) is 0 Å². The zero-order valence-corrected chi connectivity index (χ0v) is 19.4. The molecule has 168 valence electrons. The first-order valence-electron chi connectivity index (χ1n) is 10.1. The Bertz CT molecular complexity index is 1200. The van der Waals surface area contributed by atoms with E-state index in [1.807, 2.05) is 19.1 Å². The molecule has 0 unspecified atom stereocenters. The lowest BCUT2D eigenvalue weighted by Crippen LogP contribution is -2.40. The molecule has 2 aromatic carbocycles. The molecule has 0 radical (unpaired) electrons. The van der Waals surface area contributed by atoms with Crippen LogP contribution in [0.4, 0.5) is 0 Å². The van der Waals surface area contributed by atoms with Crippen LogP contribution in [0.2, 0.25) is 0 Å². The van der Waals surface area contributed by atoms with Crippen molar-refractivity contribution >= 4 is 27.6 Å². The van der Waals surface area contributed by atoms with Crippen LogP contribution < -0.4 is 0 Å². The van der Waals surface area contributed by atoms with Crippen LogP contribution in [0.15, 0.2) is 63.1 Å². The molecule has 1 fully saturated rings. The number of nitrogens with zero attached hydrogens (tertiary/aromatic N) is 3. The van der Waals surface area contributed by atoms with E-state index in [0.717, 1.165) is 5.56 Å². The Morgan fingerprint density at radius 3 is 2.53 bits per heavy atom. The minimum atomic E-state index is -3.64. The second kappa shape index (κ2) is 9.53. The molecule has 0 aliphatic carbocycles. The summed E-state index contributed by atoms with van der Waals surface area (Å²) in [5.74, 6) is 0.162. The predicted molar refractivity (Wildman–Crippen MR) is 120 cm³/mol. The summed E-state index contributed by atoms with van der Waals surface area (Å²) in [6.45, 7) is 5.15. The molecule has 2 heterocycles. The summed E-state index contributed by atoms with van der Waals surface area (Å²) >= 11 is 1.17. The van der Waals surface area contributed by atoms with E-state index in [-0.39, 0.29) is 21.8 Å². The molecule has 1 aliphatic rings. The Hall–Kier alpha value is -2.53. The van der Waals surface area contributed by atoms with Gasteiger partial charge in [-0.25, -0.2) is 8.42 Å². The molecule has 0 bridgehead atoms. The van der Waals surface area contributed by atoms with E-state index >= 15 is 0 Å². The van der Waals surface area contributed by atoms with E-state index < -0.39 is 15.3 Å². The summed E-state index contributed by atoms with van der Waals surface area (Å²) in [6, 6.07) is 13.8. The van der Waals surface area contributed by atoms with Gasteiger partial charge in [0, 0.05) is 24.2 Å². The number of ketones is 1. The first kappa shape index (κ1) is 22.7. The highest BCUT2D eigenvalue weighted by Gasteiger charge is 2.27. The molecule has 32 heavy (non-hydrogen) atoms. The SMILES string of the molecule is Cc1ccc(C(=O)[C@H](C)Sc2nnc(-c3cccc(S(=O)(=O)N4CCOCC4)c3)o2)cc1. The quantitative estimate of drug-likeness (QED) is 0.380. The molecular formula is C22H23N3O5S2. The number of morpholine rings is 1. The molecule has 0 spiro atoms. The zero-order chi connectivity index (χ0) is 22.7. The molecule has 1 atom stereocenters. The number of thioether (sulfide) groups is 1. The van der Waals surface area contributed by atoms with Crippen LogP contribution in [0.1, 0.15) is 22.8 Å². The van der Waals surface area contributed by atoms with Gasteiger partial charge >= 0.3 is 0 Å². The van der Waals surface area contributed by atoms with Crippen LogP contribution in [0.5, 0.6) is 0 Å². The molecule has 10 heteroatoms. The van der Waals surface area contributed by atoms with Crippen molar-refractivity contribution in [2.24, 2.45) is 0 Å². The van der Waals surface area contributed by atoms with Gasteiger partial charge < -0.3 is 9.15 Å². The molecule has 1 aromatic heterocycles. The molecule has 3 aromatic rings. The summed E-state index contributed by atoms with van der Waals surface area (Å²) in [7, 11) is -3.64. The number of ether oxygens (including phenoxy) is 1. The molecule has 4 rings (SSSR count). The zero-order valence-electron chi connectivity index (χ0n) is 17.7. The maximum atomic E-state index is 12.9. The van der Waals surface area contributed by atoms with Crippen LogP contribution in [0, 0.1) is 6.92 Å². The maximum Gasteiger partial charge on any atom is 0.277 e. The van der Waals surface area contributed by atoms with Gasteiger partial charge in [-0.2, -0.15) is 4.31 Å². The standard InChI is InChI=1S/C22H23N3O5S2/c1-15-6-8-17(9-7-15)20(26)16(2)31-22-24-23-21(30-22)18-4-3-5-19(14-18)32(27,28)25-10-12-29-13-11-25/h3-9,14,16H,10-13H2,1-2H3/t16-/m0/s1. The fourth-order valence-corrected chi connectivity index (χ4v) is 5.47. The van der Waals surface area contributed by atoms with Crippen LogP contribution in [0.25, 0.3) is 11.5 Å². The predicted octanol–water partition coefficient (Wildman–Crippen LogP) is 3.43. The van der Waals surface area contributed by atoms with Gasteiger partial charge in [0.1, 0.15) is 0 Å². The fraction of sp³-hybridized carbons (Fsp3) is 0.318. The summed E-state index contributed by atoms with van der Waals surface area (Å²) < 4.78 is 38.2. The van der Waals surface area contributed by atoms with E-state index in [1.54, 1.807) is 37.3 Å². The monoisotopic (exact) mass is 473 g/mol. The number of carbonyl (C=O) groups excluding carboxylic acids is 1. The molecular weight excluding hydrogens is 450 g/mol. The first-order chi connectivity index (χ1) is 15.3. The summed E-state index contributed by atoms with van der Waals surface area (Å²) in [5, 5.41) is 7.89. The van der Waals surface area contributed by atoms with E-state index in [4.69, 9.17) is 9.15 Å². The van der Waals surface area contributed by atoms with Gasteiger partial charge in [0.2, 0.25) is 15.9 Å². The van der Waals surface area contributed by atoms with Gasteiger partial charge in [-0.15, -0.1) is 10.2 Å². The number of rotatable bonds is 7. The number of hydrogen-bond acceptors (Lipinski definition) is 8. The lowest BCUT2D eigenvalue weighted by atomic mass is 10.1. The van der Waals surface area contributed by atoms with E-state index in [1.165, 1.54) is 22.1 Å². The van der Waals surface area contributed by atoms with Crippen LogP contribution in [-0.2, 0) is 14.8 Å². The number of Topliss-reactive ketones (excluding diaryl/α,β-unsaturated/α-hetero) is 1. The van der Waals surface area contributed by atoms with Crippen molar-refractivity contribution in [3.63, 3.8) is 0 Å². The third kappa shape index (κ3) is 4.93. The Morgan fingerprint density at radius 1 is 1.09 bits per heavy atom. The lowest BCUT2D eigenvalue weighted by Gasteiger charge is -2.26. The van der Waals surface area contributed by atoms with Crippen molar-refractivity contribution in [2.75, 3.05) is 26.3 Å². The number of sulfonamides is 1. The smallest absolute Gasteiger partial charge is 0.277 e. The minimum absolute atomic E-state index is 0.0339. The highest BCUT2D eigenvalue weighted by atomic mass is 32.2. The Balaban J connectivity index is 1.49. The molecule has 0 saturated carbocycles. The van der Waals surface area contributed by atoms with Gasteiger partial charge in [-0.05, 0) is 32.0 Å². The van der Waals surface area contributed by atoms with Crippen LogP contribution in [-0.4, -0.2) is 60.3 Å². The second-order valence-electron chi connectivity index (χ2n) is 7.41. The van der Waals surface area contributed by atoms with E-state index in [9.17, 15) is 13.2 Å². The Labute approximate surface area is 191 Å². The third-order valence-electron chi connectivity index (χ3n) is 5.08. The van der Waals surface area contributed by atoms with E-state index in [0.29, 0.717) is 37.4 Å². The average Bonchev–Trinajstić information content (AvgIpc) is 3.28. The van der Waals surface area contributed by atoms with Crippen molar-refractivity contribution in [3.8, 4) is 11.5 Å². The van der Waals surface area contributed by atoms with Crippen LogP contribution >= 0.6 is 11.8 Å². The van der Waals surface area contributed by atoms with Crippen molar-refractivity contribution in [3.05, 3.63) is 59.7 Å². The number of hydrogen-bond donors (Lipinski definition) is 0. The largest absolute Gasteiger partial charge is 0.411 e. The fourth-order valence-electron chi connectivity index (χ4n) is 3.26. The van der Waals surface area contributed by atoms with Crippen molar-refractivity contribution in [2.45, 2.75) is 29.2 Å². The van der Waals surface area contributed by atoms with Crippen molar-refractivity contribution in [1.82, 2.24) is 14.5 Å². The molecule has 0 N–H and O–H groups in total. The summed E-state index contributed by atoms with van der Waals surface area (Å²) in [6.07, 6.45) is 0. The third-order valence-corrected chi connectivity index (χ3v) is 7.91. The number of benzene rings is 2. The van der Waals surface area contributed by atoms with Gasteiger partial charge in [0.25, 0.3) is 5.22 Å². The van der Waals surface area contributed by atoms with Gasteiger partial charge in [-0.3, -0.25) is 4.79 Å². The molecule has 1 saturated heterocycles. The minimum Gasteiger partial charge on any atom is -0.411 e. The maximum absolute atomic E-state index is 12.9. The number of aryl methyl sites for hydroxylation is 1. The summed E-state index contributed by atoms with van der Waals surface area (Å²) in [5.41, 5.74) is 2.20. The first-order valence-corrected chi connectivity index (χ1v) is 12.5. The summed E-state index contributed by atoms with van der Waals surface area (Å²) in [4.78, 5) is 12.8. The normalized spacial score (nSPS) is 16.1. The Morgan fingerprint density at radius 2 is 1.81 bits per heavy atom. The van der Waals surface area contributed by atoms with Crippen LogP contribution in [0.3, 0.4) is 0 Å². The Kier molecular flexibility index (Phi) is 6.75. The number of carbonyl (C=O) groups is 1. The lowest BCUT2D eigenvalue weighted by molar-refractivity contribution is 0.0730. The van der Waals surface area contributed by atoms with Gasteiger partial charge in [0.05, 0.1) is 23.4 Å². The molecule has 1 aliphatic heterocycles. The highest BCUT2D eigenvalue weighted by molar-refractivity contribution is 8.00. The second-order valence-corrected chi connectivity index (χ2v) is 10.6. The van der Waals surface area contributed by atoms with E-state index in [2.05, 4.69) is 10.2 Å². The number of aromatic nitrogens is 2. The topological polar surface area (TPSA) is 103 Å². The molecule has 0 amide bonds. The van der Waals surface area contributed by atoms with Gasteiger partial charge in [-0.1, -0.05) is 47.7 Å². The van der Waals surface area contributed by atoms with Gasteiger partial charge in [0.15, 0.2) is 5.78 Å². The highest BCUT2D eigenvalue weighted by Crippen LogP contribution is 2.29.